The Morgan fingerprint density at radius 2 is 2.31 bits per heavy atom. The number of carbonyl (C=O) groups is 1. The molecule has 6 heteroatoms. The predicted molar refractivity (Wildman–Crippen MR) is 59.9 cm³/mol. The molecule has 0 bridgehead atoms. The number of aryl methyl sites for hydroxylation is 1. The fourth-order valence-corrected chi connectivity index (χ4v) is 1.27. The van der Waals surface area contributed by atoms with Gasteiger partial charge in [0.05, 0.1) is 11.9 Å². The molecule has 4 N–H and O–H groups in total. The number of amides is 1. The third kappa shape index (κ3) is 2.00. The van der Waals surface area contributed by atoms with Gasteiger partial charge in [0, 0.05) is 5.69 Å². The molecule has 0 saturated heterocycles. The molecule has 0 radical (unpaired) electrons. The Morgan fingerprint density at radius 1 is 1.50 bits per heavy atom. The minimum atomic E-state index is -0.354. The Morgan fingerprint density at radius 3 is 2.94 bits per heavy atom. The number of carbonyl (C=O) groups excluding carboxylic acids is 1. The summed E-state index contributed by atoms with van der Waals surface area (Å²) in [6, 6.07) is 5.37. The predicted octanol–water partition coefficient (Wildman–Crippen LogP) is 0.948. The highest BCUT2D eigenvalue weighted by Gasteiger charge is 2.12. The van der Waals surface area contributed by atoms with Crippen LogP contribution >= 0.6 is 0 Å². The lowest BCUT2D eigenvalue weighted by molar-refractivity contribution is 0.102. The molecule has 0 saturated carbocycles. The summed E-state index contributed by atoms with van der Waals surface area (Å²) in [4.78, 5) is 15.9. The number of nitrogens with zero attached hydrogens (tertiary/aromatic N) is 2. The molecule has 0 unspecified atom stereocenters. The van der Waals surface area contributed by atoms with E-state index >= 15 is 0 Å². The average Bonchev–Trinajstić information content (AvgIpc) is 2.64. The van der Waals surface area contributed by atoms with E-state index in [1.807, 2.05) is 19.1 Å². The molecule has 2 heterocycles. The Labute approximate surface area is 91.9 Å². The highest BCUT2D eigenvalue weighted by Crippen LogP contribution is 2.10. The van der Waals surface area contributed by atoms with Crippen molar-refractivity contribution in [3.05, 3.63) is 35.8 Å². The van der Waals surface area contributed by atoms with E-state index < -0.39 is 0 Å². The molecular formula is C10H11N5O. The van der Waals surface area contributed by atoms with Gasteiger partial charge in [-0.1, -0.05) is 6.07 Å². The van der Waals surface area contributed by atoms with Crippen molar-refractivity contribution in [3.63, 3.8) is 0 Å². The van der Waals surface area contributed by atoms with Crippen molar-refractivity contribution in [1.82, 2.24) is 15.2 Å². The van der Waals surface area contributed by atoms with E-state index in [2.05, 4.69) is 20.5 Å². The normalized spacial score (nSPS) is 10.1. The van der Waals surface area contributed by atoms with Gasteiger partial charge in [-0.2, -0.15) is 5.10 Å². The highest BCUT2D eigenvalue weighted by molar-refractivity contribution is 6.05. The summed E-state index contributed by atoms with van der Waals surface area (Å²) in [7, 11) is 0. The summed E-state index contributed by atoms with van der Waals surface area (Å²) in [6.45, 7) is 1.85. The van der Waals surface area contributed by atoms with Crippen LogP contribution in [0.1, 0.15) is 16.2 Å². The van der Waals surface area contributed by atoms with Gasteiger partial charge >= 0.3 is 0 Å². The van der Waals surface area contributed by atoms with Gasteiger partial charge in [0.2, 0.25) is 0 Å². The van der Waals surface area contributed by atoms with Gasteiger partial charge in [-0.25, -0.2) is 4.98 Å². The van der Waals surface area contributed by atoms with Crippen molar-refractivity contribution >= 4 is 17.4 Å². The van der Waals surface area contributed by atoms with E-state index in [0.29, 0.717) is 11.5 Å². The Balaban J connectivity index is 2.17. The summed E-state index contributed by atoms with van der Waals surface area (Å²) in [5, 5.41) is 8.82. The fraction of sp³-hybridized carbons (Fsp3) is 0.100. The number of nitrogens with two attached hydrogens (primary N) is 1. The second-order valence-corrected chi connectivity index (χ2v) is 3.32. The van der Waals surface area contributed by atoms with Crippen LogP contribution in [0.4, 0.5) is 11.5 Å². The van der Waals surface area contributed by atoms with Crippen LogP contribution in [0.5, 0.6) is 0 Å². The first-order valence-electron chi connectivity index (χ1n) is 4.70. The van der Waals surface area contributed by atoms with Gasteiger partial charge in [-0.05, 0) is 19.1 Å². The summed E-state index contributed by atoms with van der Waals surface area (Å²) in [5.74, 6) is 0.132. The van der Waals surface area contributed by atoms with Crippen molar-refractivity contribution < 1.29 is 4.79 Å². The quantitative estimate of drug-likeness (QED) is 0.697. The topological polar surface area (TPSA) is 96.7 Å². The molecule has 2 rings (SSSR count). The summed E-state index contributed by atoms with van der Waals surface area (Å²) >= 11 is 0. The first kappa shape index (κ1) is 10.2. The Hall–Kier alpha value is -2.37. The number of hydrogen-bond donors (Lipinski definition) is 3. The lowest BCUT2D eigenvalue weighted by atomic mass is 10.3. The Kier molecular flexibility index (Phi) is 2.55. The zero-order valence-electron chi connectivity index (χ0n) is 8.69. The highest BCUT2D eigenvalue weighted by atomic mass is 16.2. The number of rotatable bonds is 2. The van der Waals surface area contributed by atoms with Crippen molar-refractivity contribution in [2.45, 2.75) is 6.92 Å². The number of anilines is 2. The molecule has 16 heavy (non-hydrogen) atoms. The second kappa shape index (κ2) is 4.01. The summed E-state index contributed by atoms with van der Waals surface area (Å²) in [5.41, 5.74) is 6.93. The SMILES string of the molecule is Cc1cccc(NC(=O)c2[nH]ncc2N)n1. The van der Waals surface area contributed by atoms with Crippen molar-refractivity contribution in [2.75, 3.05) is 11.1 Å². The van der Waals surface area contributed by atoms with Crippen molar-refractivity contribution in [2.24, 2.45) is 0 Å². The molecular weight excluding hydrogens is 206 g/mol. The molecule has 0 aromatic carbocycles. The van der Waals surface area contributed by atoms with Crippen LogP contribution in [0.15, 0.2) is 24.4 Å². The average molecular weight is 217 g/mol. The minimum Gasteiger partial charge on any atom is -0.396 e. The van der Waals surface area contributed by atoms with Crippen LogP contribution in [-0.2, 0) is 0 Å². The molecule has 0 atom stereocenters. The van der Waals surface area contributed by atoms with Gasteiger partial charge in [0.15, 0.2) is 0 Å². The van der Waals surface area contributed by atoms with Crippen LogP contribution in [-0.4, -0.2) is 21.1 Å². The van der Waals surface area contributed by atoms with Crippen LogP contribution in [0.25, 0.3) is 0 Å². The molecule has 1 amide bonds. The number of hydrogen-bond acceptors (Lipinski definition) is 4. The van der Waals surface area contributed by atoms with Gasteiger partial charge in [0.1, 0.15) is 11.5 Å². The third-order valence-electron chi connectivity index (χ3n) is 2.03. The lowest BCUT2D eigenvalue weighted by Gasteiger charge is -2.03. The molecule has 0 spiro atoms. The van der Waals surface area contributed by atoms with Gasteiger partial charge in [0.25, 0.3) is 5.91 Å². The maximum atomic E-state index is 11.7. The van der Waals surface area contributed by atoms with E-state index in [0.717, 1.165) is 5.69 Å². The molecule has 0 aliphatic heterocycles. The zero-order chi connectivity index (χ0) is 11.5. The summed E-state index contributed by atoms with van der Waals surface area (Å²) < 4.78 is 0. The van der Waals surface area contributed by atoms with Crippen LogP contribution in [0.2, 0.25) is 0 Å². The van der Waals surface area contributed by atoms with E-state index in [-0.39, 0.29) is 11.6 Å². The largest absolute Gasteiger partial charge is 0.396 e. The monoisotopic (exact) mass is 217 g/mol. The third-order valence-corrected chi connectivity index (χ3v) is 2.03. The van der Waals surface area contributed by atoms with Crippen LogP contribution < -0.4 is 11.1 Å². The number of nitrogens with one attached hydrogen (secondary N) is 2. The molecule has 2 aromatic heterocycles. The molecule has 0 aliphatic rings. The zero-order valence-corrected chi connectivity index (χ0v) is 8.69. The van der Waals surface area contributed by atoms with Gasteiger partial charge in [-0.3, -0.25) is 9.89 Å². The Bertz CT molecular complexity index is 519. The number of H-pyrrole nitrogens is 1. The second-order valence-electron chi connectivity index (χ2n) is 3.32. The maximum absolute atomic E-state index is 11.7. The molecule has 6 nitrogen and oxygen atoms in total. The molecule has 0 aliphatic carbocycles. The summed E-state index contributed by atoms with van der Waals surface area (Å²) in [6.07, 6.45) is 1.39. The fourth-order valence-electron chi connectivity index (χ4n) is 1.27. The van der Waals surface area contributed by atoms with Gasteiger partial charge < -0.3 is 11.1 Å². The minimum absolute atomic E-state index is 0.239. The first-order chi connectivity index (χ1) is 7.66. The van der Waals surface area contributed by atoms with E-state index in [1.54, 1.807) is 6.07 Å². The number of aromatic nitrogens is 3. The van der Waals surface area contributed by atoms with E-state index in [4.69, 9.17) is 5.73 Å². The molecule has 82 valence electrons. The number of aromatic amines is 1. The van der Waals surface area contributed by atoms with E-state index in [9.17, 15) is 4.79 Å². The molecule has 0 fully saturated rings. The first-order valence-corrected chi connectivity index (χ1v) is 4.70. The van der Waals surface area contributed by atoms with Crippen molar-refractivity contribution in [3.8, 4) is 0 Å². The van der Waals surface area contributed by atoms with Gasteiger partial charge in [-0.15, -0.1) is 0 Å². The smallest absolute Gasteiger partial charge is 0.276 e. The van der Waals surface area contributed by atoms with Crippen molar-refractivity contribution in [1.29, 1.82) is 0 Å². The maximum Gasteiger partial charge on any atom is 0.276 e. The molecule has 2 aromatic rings. The standard InChI is InChI=1S/C10H11N5O/c1-6-3-2-4-8(13-6)14-10(16)9-7(11)5-12-15-9/h2-5H,11H2,1H3,(H,12,15)(H,13,14,16). The van der Waals surface area contributed by atoms with E-state index in [1.165, 1.54) is 6.20 Å². The van der Waals surface area contributed by atoms with Crippen LogP contribution in [0.3, 0.4) is 0 Å². The lowest BCUT2D eigenvalue weighted by Crippen LogP contribution is -2.15. The van der Waals surface area contributed by atoms with Crippen LogP contribution in [0, 0.1) is 6.92 Å². The number of pyridine rings is 1. The number of nitrogen functional groups attached to an aromatic ring is 1.